The molecular weight excluding hydrogens is 799 g/mol. The molecule has 0 saturated carbocycles. The number of hydrogen-bond donors (Lipinski definition) is 2. The van der Waals surface area contributed by atoms with Crippen LogP contribution in [-0.4, -0.2) is 60.5 Å². The third-order valence-electron chi connectivity index (χ3n) is 12.5. The highest BCUT2D eigenvalue weighted by atomic mass is 16.6. The molecule has 382 valence electrons. The highest BCUT2D eigenvalue weighted by molar-refractivity contribution is 5.84. The molecule has 2 N–H and O–H groups in total. The molecule has 0 bridgehead atoms. The number of ether oxygens (including phenoxy) is 3. The van der Waals surface area contributed by atoms with Gasteiger partial charge in [-0.15, -0.1) is 0 Å². The van der Waals surface area contributed by atoms with Crippen LogP contribution < -0.4 is 5.32 Å². The van der Waals surface area contributed by atoms with E-state index in [0.29, 0.717) is 18.8 Å². The van der Waals surface area contributed by atoms with Gasteiger partial charge in [0.05, 0.1) is 5.60 Å². The Morgan fingerprint density at radius 3 is 1.19 bits per heavy atom. The smallest absolute Gasteiger partial charge is 0.306 e. The molecule has 0 heterocycles. The van der Waals surface area contributed by atoms with Gasteiger partial charge in [-0.3, -0.25) is 14.4 Å². The van der Waals surface area contributed by atoms with Gasteiger partial charge in [0.1, 0.15) is 6.61 Å². The first-order valence-corrected chi connectivity index (χ1v) is 27.3. The van der Waals surface area contributed by atoms with E-state index in [1.54, 1.807) is 7.11 Å². The van der Waals surface area contributed by atoms with Crippen molar-refractivity contribution in [3.8, 4) is 0 Å². The fraction of sp³-hybridized carbons (Fsp3) is 0.946. The second-order valence-corrected chi connectivity index (χ2v) is 21.8. The van der Waals surface area contributed by atoms with E-state index in [1.807, 2.05) is 27.7 Å². The summed E-state index contributed by atoms with van der Waals surface area (Å²) in [6.45, 7) is 21.3. The van der Waals surface area contributed by atoms with Crippen LogP contribution in [0.25, 0.3) is 0 Å². The van der Waals surface area contributed by atoms with Crippen LogP contribution in [0.5, 0.6) is 0 Å². The molecular formula is C56H111NO7. The van der Waals surface area contributed by atoms with Crippen molar-refractivity contribution in [1.82, 2.24) is 5.32 Å². The Hall–Kier alpha value is -1.67. The number of aliphatic hydroxyl groups excluding tert-OH is 1. The van der Waals surface area contributed by atoms with Gasteiger partial charge in [-0.25, -0.2) is 0 Å². The molecule has 64 heavy (non-hydrogen) atoms. The molecule has 0 aliphatic heterocycles. The zero-order chi connectivity index (χ0) is 48.4. The lowest BCUT2D eigenvalue weighted by atomic mass is 9.75. The normalized spacial score (nSPS) is 12.5. The van der Waals surface area contributed by atoms with Gasteiger partial charge in [0.2, 0.25) is 6.10 Å². The number of carbonyl (C=O) groups excluding carboxylic acids is 3. The molecule has 1 unspecified atom stereocenters. The van der Waals surface area contributed by atoms with E-state index in [9.17, 15) is 14.4 Å². The van der Waals surface area contributed by atoms with Crippen molar-refractivity contribution >= 4 is 17.8 Å². The lowest BCUT2D eigenvalue weighted by Gasteiger charge is -2.37. The quantitative estimate of drug-likeness (QED) is 0.0463. The van der Waals surface area contributed by atoms with Crippen LogP contribution in [0.3, 0.4) is 0 Å². The van der Waals surface area contributed by atoms with E-state index in [4.69, 9.17) is 19.3 Å². The minimum atomic E-state index is -1.14. The third-order valence-corrected chi connectivity index (χ3v) is 12.5. The maximum Gasteiger partial charge on any atom is 0.306 e. The predicted molar refractivity (Wildman–Crippen MR) is 273 cm³/mol. The van der Waals surface area contributed by atoms with E-state index in [-0.39, 0.29) is 42.5 Å². The Balaban J connectivity index is 0. The molecule has 8 nitrogen and oxygen atoms in total. The molecule has 0 saturated heterocycles. The fourth-order valence-electron chi connectivity index (χ4n) is 9.11. The van der Waals surface area contributed by atoms with Crippen LogP contribution in [-0.2, 0) is 28.6 Å². The number of esters is 2. The van der Waals surface area contributed by atoms with Crippen molar-refractivity contribution in [3.05, 3.63) is 0 Å². The summed E-state index contributed by atoms with van der Waals surface area (Å²) in [6, 6.07) is 0. The van der Waals surface area contributed by atoms with Gasteiger partial charge in [0.25, 0.3) is 5.91 Å². The summed E-state index contributed by atoms with van der Waals surface area (Å²) in [4.78, 5) is 39.2. The van der Waals surface area contributed by atoms with Crippen LogP contribution in [0.2, 0.25) is 0 Å². The molecule has 0 aromatic heterocycles. The number of unbranched alkanes of at least 4 members (excludes halogenated alkanes) is 28. The molecule has 0 rings (SSSR count). The van der Waals surface area contributed by atoms with Gasteiger partial charge >= 0.3 is 11.9 Å². The first-order chi connectivity index (χ1) is 30.4. The van der Waals surface area contributed by atoms with Crippen LogP contribution in [0, 0.1) is 11.3 Å². The Kier molecular flexibility index (Phi) is 42.9. The van der Waals surface area contributed by atoms with E-state index in [0.717, 1.165) is 51.4 Å². The van der Waals surface area contributed by atoms with Gasteiger partial charge in [0, 0.05) is 32.1 Å². The third kappa shape index (κ3) is 45.5. The summed E-state index contributed by atoms with van der Waals surface area (Å²) in [7, 11) is 1.65. The molecule has 1 amide bonds. The van der Waals surface area contributed by atoms with Crippen molar-refractivity contribution < 1.29 is 33.7 Å². The largest absolute Gasteiger partial charge is 0.461 e. The predicted octanol–water partition coefficient (Wildman–Crippen LogP) is 16.1. The number of nitrogens with one attached hydrogen (secondary N) is 1. The summed E-state index contributed by atoms with van der Waals surface area (Å²) in [5, 5.41) is 11.6. The highest BCUT2D eigenvalue weighted by Crippen LogP contribution is 2.34. The summed E-state index contributed by atoms with van der Waals surface area (Å²) < 4.78 is 16.3. The Labute approximate surface area is 398 Å². The minimum Gasteiger partial charge on any atom is -0.461 e. The van der Waals surface area contributed by atoms with Gasteiger partial charge in [0.15, 0.2) is 0 Å². The molecule has 0 aliphatic rings. The lowest BCUT2D eigenvalue weighted by Crippen LogP contribution is -2.52. The minimum absolute atomic E-state index is 0.0321. The number of carbonyl (C=O) groups is 3. The van der Waals surface area contributed by atoms with Crippen LogP contribution in [0.1, 0.15) is 294 Å². The van der Waals surface area contributed by atoms with E-state index >= 15 is 0 Å². The topological polar surface area (TPSA) is 111 Å². The van der Waals surface area contributed by atoms with Crippen molar-refractivity contribution in [2.24, 2.45) is 11.3 Å². The van der Waals surface area contributed by atoms with Crippen molar-refractivity contribution in [3.63, 3.8) is 0 Å². The zero-order valence-corrected chi connectivity index (χ0v) is 44.7. The SMILES string of the molecule is CCCCCCCCCCCCCCCCCC(=O)OCC(OC(=O)CCCCCCCCCCCCCCCCC)C(=O)NC(C)(C)CC(C)(C)CC(C)C.COC(C)(C)CCO. The first kappa shape index (κ1) is 64.4. The molecule has 1 atom stereocenters. The Morgan fingerprint density at radius 2 is 0.875 bits per heavy atom. The molecule has 0 radical (unpaired) electrons. The van der Waals surface area contributed by atoms with Crippen LogP contribution >= 0.6 is 0 Å². The number of hydrogen-bond acceptors (Lipinski definition) is 7. The van der Waals surface area contributed by atoms with Gasteiger partial charge in [-0.1, -0.05) is 221 Å². The number of methoxy groups -OCH3 is 1. The second-order valence-electron chi connectivity index (χ2n) is 21.8. The number of rotatable bonds is 44. The maximum atomic E-state index is 13.6. The van der Waals surface area contributed by atoms with Crippen molar-refractivity contribution in [2.75, 3.05) is 20.3 Å². The molecule has 0 fully saturated rings. The maximum absolute atomic E-state index is 13.6. The summed E-state index contributed by atoms with van der Waals surface area (Å²) in [6.07, 6.45) is 40.0. The van der Waals surface area contributed by atoms with Gasteiger partial charge < -0.3 is 24.6 Å². The number of amides is 1. The van der Waals surface area contributed by atoms with E-state index < -0.39 is 17.6 Å². The van der Waals surface area contributed by atoms with Crippen molar-refractivity contribution in [1.29, 1.82) is 0 Å². The average Bonchev–Trinajstić information content (AvgIpc) is 3.21. The lowest BCUT2D eigenvalue weighted by molar-refractivity contribution is -0.165. The monoisotopic (exact) mass is 910 g/mol. The second kappa shape index (κ2) is 42.7. The van der Waals surface area contributed by atoms with E-state index in [2.05, 4.69) is 46.9 Å². The first-order valence-electron chi connectivity index (χ1n) is 27.3. The molecule has 0 aliphatic carbocycles. The van der Waals surface area contributed by atoms with Gasteiger partial charge in [-0.05, 0) is 71.1 Å². The summed E-state index contributed by atoms with van der Waals surface area (Å²) in [5.41, 5.74) is -0.634. The standard InChI is InChI=1S/C50H97NO5.C6H14O2/c1-9-11-13-15-17-19-21-23-25-27-29-31-33-35-37-39-46(52)55-42-45(48(54)51-50(7,8)43-49(5,6)41-44(3)4)56-47(53)40-38-36-34-32-30-28-26-24-22-20-18-16-14-12-10-2;1-6(2,8-3)4-5-7/h44-45H,9-43H2,1-8H3,(H,51,54);7H,4-5H2,1-3H3. The molecule has 0 aromatic carbocycles. The molecule has 0 aromatic rings. The number of aliphatic hydroxyl groups is 1. The summed E-state index contributed by atoms with van der Waals surface area (Å²) in [5.74, 6) is -0.557. The Bertz CT molecular complexity index is 1070. The highest BCUT2D eigenvalue weighted by Gasteiger charge is 2.34. The van der Waals surface area contributed by atoms with Crippen LogP contribution in [0.15, 0.2) is 0 Å². The fourth-order valence-corrected chi connectivity index (χ4v) is 9.11. The van der Waals surface area contributed by atoms with E-state index in [1.165, 1.54) is 154 Å². The molecule has 8 heteroatoms. The average molecular weight is 911 g/mol. The Morgan fingerprint density at radius 1 is 0.531 bits per heavy atom. The van der Waals surface area contributed by atoms with Gasteiger partial charge in [-0.2, -0.15) is 0 Å². The van der Waals surface area contributed by atoms with Crippen LogP contribution in [0.4, 0.5) is 0 Å². The molecule has 0 spiro atoms. The van der Waals surface area contributed by atoms with Crippen molar-refractivity contribution in [2.45, 2.75) is 311 Å². The summed E-state index contributed by atoms with van der Waals surface area (Å²) >= 11 is 0. The zero-order valence-electron chi connectivity index (χ0n) is 44.7.